The summed E-state index contributed by atoms with van der Waals surface area (Å²) < 4.78 is 34.0. The van der Waals surface area contributed by atoms with Gasteiger partial charge < -0.3 is 10.8 Å². The monoisotopic (exact) mass is 625 g/mol. The molecule has 0 atom stereocenters. The number of primary amides is 1. The Kier molecular flexibility index (Phi) is 8.48. The molecule has 0 saturated heterocycles. The van der Waals surface area contributed by atoms with Crippen LogP contribution in [-0.2, 0) is 4.79 Å². The minimum atomic E-state index is -5.08. The van der Waals surface area contributed by atoms with Crippen LogP contribution in [0.4, 0.5) is 13.2 Å². The van der Waals surface area contributed by atoms with E-state index in [2.05, 4.69) is 47.0 Å². The van der Waals surface area contributed by atoms with E-state index in [1.165, 1.54) is 0 Å². The second-order valence-electron chi connectivity index (χ2n) is 10.1. The molecule has 3 N–H and O–H groups in total. The lowest BCUT2D eigenvalue weighted by atomic mass is 9.85. The molecule has 1 aliphatic rings. The molecule has 0 aliphatic heterocycles. The Morgan fingerprint density at radius 2 is 1.33 bits per heavy atom. The Morgan fingerprint density at radius 1 is 0.837 bits per heavy atom. The maximum absolute atomic E-state index is 11.6. The highest BCUT2D eigenvalue weighted by Crippen LogP contribution is 2.43. The van der Waals surface area contributed by atoms with E-state index >= 15 is 0 Å². The van der Waals surface area contributed by atoms with Crippen molar-refractivity contribution < 1.29 is 27.9 Å². The van der Waals surface area contributed by atoms with E-state index in [-0.39, 0.29) is 5.92 Å². The lowest BCUT2D eigenvalue weighted by Crippen LogP contribution is -2.21. The van der Waals surface area contributed by atoms with Crippen LogP contribution < -0.4 is 5.73 Å². The van der Waals surface area contributed by atoms with Crippen molar-refractivity contribution in [3.63, 3.8) is 0 Å². The number of fused-ring (bicyclic) bond motifs is 1. The van der Waals surface area contributed by atoms with Gasteiger partial charge in [-0.3, -0.25) is 9.36 Å². The van der Waals surface area contributed by atoms with Gasteiger partial charge >= 0.3 is 12.1 Å². The van der Waals surface area contributed by atoms with E-state index in [1.807, 2.05) is 36.4 Å². The molecule has 1 amide bonds. The van der Waals surface area contributed by atoms with Crippen LogP contribution in [0.3, 0.4) is 0 Å². The van der Waals surface area contributed by atoms with Crippen LogP contribution in [0, 0.1) is 0 Å². The number of carbonyl (C=O) groups is 2. The zero-order valence-corrected chi connectivity index (χ0v) is 23.9. The lowest BCUT2D eigenvalue weighted by molar-refractivity contribution is -0.192. The number of carbonyl (C=O) groups excluding carboxylic acids is 1. The van der Waals surface area contributed by atoms with Gasteiger partial charge in [-0.05, 0) is 90.2 Å². The first-order valence-corrected chi connectivity index (χ1v) is 13.9. The van der Waals surface area contributed by atoms with Gasteiger partial charge in [0.15, 0.2) is 0 Å². The maximum atomic E-state index is 11.6. The molecule has 1 heterocycles. The van der Waals surface area contributed by atoms with Crippen LogP contribution in [0.5, 0.6) is 0 Å². The van der Waals surface area contributed by atoms with Gasteiger partial charge in [0.1, 0.15) is 5.82 Å². The zero-order chi connectivity index (χ0) is 30.9. The first-order chi connectivity index (χ1) is 20.4. The van der Waals surface area contributed by atoms with E-state index < -0.39 is 18.1 Å². The summed E-state index contributed by atoms with van der Waals surface area (Å²) in [6.45, 7) is 0. The van der Waals surface area contributed by atoms with Crippen molar-refractivity contribution in [3.05, 3.63) is 129 Å². The van der Waals surface area contributed by atoms with Crippen molar-refractivity contribution in [1.29, 1.82) is 0 Å². The number of nitrogens with zero attached hydrogens (tertiary/aromatic N) is 2. The number of rotatable bonds is 6. The van der Waals surface area contributed by atoms with E-state index in [0.29, 0.717) is 21.5 Å². The maximum Gasteiger partial charge on any atom is 0.490 e. The number of hydrogen-bond acceptors (Lipinski definition) is 3. The van der Waals surface area contributed by atoms with Crippen molar-refractivity contribution >= 4 is 46.1 Å². The van der Waals surface area contributed by atoms with Crippen LogP contribution in [0.1, 0.15) is 57.6 Å². The highest BCUT2D eigenvalue weighted by atomic mass is 35.5. The number of carboxylic acids is 1. The molecule has 1 aliphatic carbocycles. The summed E-state index contributed by atoms with van der Waals surface area (Å²) in [4.78, 5) is 25.5. The number of aromatic nitrogens is 2. The number of imidazole rings is 1. The van der Waals surface area contributed by atoms with Crippen molar-refractivity contribution in [2.75, 3.05) is 0 Å². The minimum Gasteiger partial charge on any atom is -0.475 e. The van der Waals surface area contributed by atoms with Gasteiger partial charge in [-0.2, -0.15) is 13.2 Å². The number of amides is 1. The number of nitrogens with two attached hydrogens (primary N) is 1. The van der Waals surface area contributed by atoms with E-state index in [9.17, 15) is 18.0 Å². The van der Waals surface area contributed by atoms with Gasteiger partial charge in [-0.15, -0.1) is 0 Å². The number of halogens is 5. The molecule has 4 aromatic carbocycles. The third-order valence-corrected chi connectivity index (χ3v) is 7.54. The Morgan fingerprint density at radius 3 is 1.77 bits per heavy atom. The fourth-order valence-corrected chi connectivity index (χ4v) is 5.09. The first kappa shape index (κ1) is 30.1. The molecular weight excluding hydrogens is 602 g/mol. The molecular formula is C32H24Cl2F3N3O3. The average molecular weight is 626 g/mol. The van der Waals surface area contributed by atoms with Crippen molar-refractivity contribution in [3.8, 4) is 5.69 Å². The predicted octanol–water partition coefficient (Wildman–Crippen LogP) is 8.12. The molecule has 6 rings (SSSR count). The average Bonchev–Trinajstić information content (AvgIpc) is 3.75. The number of carboxylic acid groups (broad SMARTS) is 1. The summed E-state index contributed by atoms with van der Waals surface area (Å²) in [5, 5.41) is 8.53. The number of aliphatic carboxylic acids is 1. The fourth-order valence-electron chi connectivity index (χ4n) is 4.84. The van der Waals surface area contributed by atoms with Gasteiger partial charge in [0.25, 0.3) is 0 Å². The topological polar surface area (TPSA) is 98.2 Å². The molecule has 0 spiro atoms. The van der Waals surface area contributed by atoms with E-state index in [0.717, 1.165) is 52.1 Å². The van der Waals surface area contributed by atoms with Gasteiger partial charge in [-0.1, -0.05) is 53.5 Å². The molecule has 1 aromatic heterocycles. The largest absolute Gasteiger partial charge is 0.490 e. The predicted molar refractivity (Wildman–Crippen MR) is 159 cm³/mol. The molecule has 0 unspecified atom stereocenters. The third kappa shape index (κ3) is 6.84. The highest BCUT2D eigenvalue weighted by Gasteiger charge is 2.38. The normalized spacial score (nSPS) is 13.1. The fraction of sp³-hybridized carbons (Fsp3) is 0.156. The molecule has 0 bridgehead atoms. The Bertz CT molecular complexity index is 1740. The summed E-state index contributed by atoms with van der Waals surface area (Å²) >= 11 is 12.4. The van der Waals surface area contributed by atoms with Crippen LogP contribution in [0.15, 0.2) is 91.0 Å². The van der Waals surface area contributed by atoms with Crippen molar-refractivity contribution in [2.45, 2.75) is 30.9 Å². The summed E-state index contributed by atoms with van der Waals surface area (Å²) in [6.07, 6.45) is -2.82. The second kappa shape index (κ2) is 12.1. The number of hydrogen-bond donors (Lipinski definition) is 2. The van der Waals surface area contributed by atoms with E-state index in [1.54, 1.807) is 12.1 Å². The van der Waals surface area contributed by atoms with Crippen molar-refractivity contribution in [1.82, 2.24) is 9.55 Å². The number of benzene rings is 4. The molecule has 11 heteroatoms. The van der Waals surface area contributed by atoms with Crippen LogP contribution in [-0.4, -0.2) is 32.7 Å². The smallest absolute Gasteiger partial charge is 0.475 e. The molecule has 1 saturated carbocycles. The third-order valence-electron chi connectivity index (χ3n) is 7.04. The molecule has 1 fully saturated rings. The number of alkyl halides is 3. The van der Waals surface area contributed by atoms with Crippen LogP contribution >= 0.6 is 23.2 Å². The first-order valence-electron chi connectivity index (χ1n) is 13.2. The lowest BCUT2D eigenvalue weighted by Gasteiger charge is -2.20. The van der Waals surface area contributed by atoms with Crippen LogP contribution in [0.25, 0.3) is 16.7 Å². The standard InChI is InChI=1S/C30H23Cl2N3O.C2HF3O2/c31-23-10-3-18(4-11-23)28(19-5-12-24(32)13-6-19)22-9-16-26-27(17-22)35(30(34-26)21-1-2-21)25-14-7-20(8-15-25)29(33)36;3-2(4,5)1(6)7/h3-17,21,28H,1-2H2,(H2,33,36);(H,6,7). The van der Waals surface area contributed by atoms with E-state index in [4.69, 9.17) is 43.8 Å². The van der Waals surface area contributed by atoms with Crippen LogP contribution in [0.2, 0.25) is 10.0 Å². The Labute approximate surface area is 254 Å². The molecule has 43 heavy (non-hydrogen) atoms. The summed E-state index contributed by atoms with van der Waals surface area (Å²) in [7, 11) is 0. The van der Waals surface area contributed by atoms with Gasteiger partial charge in [-0.25, -0.2) is 9.78 Å². The molecule has 5 aromatic rings. The summed E-state index contributed by atoms with van der Waals surface area (Å²) in [6, 6.07) is 29.9. The SMILES string of the molecule is NC(=O)c1ccc(-n2c(C3CC3)nc3ccc(C(c4ccc(Cl)cc4)c4ccc(Cl)cc4)cc32)cc1.O=C(O)C(F)(F)F. The Balaban J connectivity index is 0.000000472. The molecule has 0 radical (unpaired) electrons. The van der Waals surface area contributed by atoms with Gasteiger partial charge in [0.05, 0.1) is 11.0 Å². The summed E-state index contributed by atoms with van der Waals surface area (Å²) in [5.74, 6) is -1.69. The van der Waals surface area contributed by atoms with Gasteiger partial charge in [0.2, 0.25) is 5.91 Å². The minimum absolute atomic E-state index is 0.00565. The molecule has 6 nitrogen and oxygen atoms in total. The zero-order valence-electron chi connectivity index (χ0n) is 22.4. The second-order valence-corrected chi connectivity index (χ2v) is 11.0. The highest BCUT2D eigenvalue weighted by molar-refractivity contribution is 6.30. The quantitative estimate of drug-likeness (QED) is 0.186. The van der Waals surface area contributed by atoms with Gasteiger partial charge in [0, 0.05) is 33.1 Å². The molecule has 220 valence electrons. The summed E-state index contributed by atoms with van der Waals surface area (Å²) in [5.41, 5.74) is 12.3. The Hall–Kier alpha value is -4.34. The van der Waals surface area contributed by atoms with Crippen molar-refractivity contribution in [2.24, 2.45) is 5.73 Å².